The Morgan fingerprint density at radius 3 is 2.32 bits per heavy atom. The molecular formula is C20H23FN2O2. The number of carbonyl (C=O) groups is 1. The maximum absolute atomic E-state index is 13.9. The Bertz CT molecular complexity index is 725. The predicted octanol–water partition coefficient (Wildman–Crippen LogP) is 3.25. The lowest BCUT2D eigenvalue weighted by Gasteiger charge is -2.37. The molecule has 0 bridgehead atoms. The summed E-state index contributed by atoms with van der Waals surface area (Å²) >= 11 is 0. The van der Waals surface area contributed by atoms with Crippen LogP contribution in [0, 0.1) is 12.7 Å². The molecule has 0 aromatic heterocycles. The highest BCUT2D eigenvalue weighted by atomic mass is 19.1. The van der Waals surface area contributed by atoms with E-state index in [1.807, 2.05) is 42.2 Å². The molecule has 1 fully saturated rings. The van der Waals surface area contributed by atoms with Crippen molar-refractivity contribution in [1.29, 1.82) is 0 Å². The first-order valence-corrected chi connectivity index (χ1v) is 8.56. The Kier molecular flexibility index (Phi) is 5.22. The van der Waals surface area contributed by atoms with Gasteiger partial charge in [-0.25, -0.2) is 4.39 Å². The number of aryl methyl sites for hydroxylation is 1. The molecule has 0 spiro atoms. The fourth-order valence-corrected chi connectivity index (χ4v) is 3.00. The molecule has 4 nitrogen and oxygen atoms in total. The lowest BCUT2D eigenvalue weighted by atomic mass is 10.2. The van der Waals surface area contributed by atoms with Crippen LogP contribution in [0.25, 0.3) is 0 Å². The summed E-state index contributed by atoms with van der Waals surface area (Å²) < 4.78 is 19.6. The molecule has 0 aliphatic carbocycles. The Morgan fingerprint density at radius 1 is 1.04 bits per heavy atom. The molecule has 132 valence electrons. The largest absolute Gasteiger partial charge is 0.481 e. The number of carbonyl (C=O) groups excluding carboxylic acids is 1. The van der Waals surface area contributed by atoms with Crippen molar-refractivity contribution in [2.75, 3.05) is 31.1 Å². The number of nitrogens with zero attached hydrogens (tertiary/aromatic N) is 2. The van der Waals surface area contributed by atoms with Gasteiger partial charge in [0.1, 0.15) is 11.6 Å². The highest BCUT2D eigenvalue weighted by Gasteiger charge is 2.26. The van der Waals surface area contributed by atoms with Gasteiger partial charge in [-0.05, 0) is 38.1 Å². The number of anilines is 1. The summed E-state index contributed by atoms with van der Waals surface area (Å²) in [5, 5.41) is 0. The molecule has 2 aromatic carbocycles. The zero-order valence-corrected chi connectivity index (χ0v) is 14.6. The molecule has 0 unspecified atom stereocenters. The summed E-state index contributed by atoms with van der Waals surface area (Å²) in [6.07, 6.45) is -0.539. The minimum absolute atomic E-state index is 0.0336. The second kappa shape index (κ2) is 7.55. The van der Waals surface area contributed by atoms with Gasteiger partial charge in [0.15, 0.2) is 6.10 Å². The Labute approximate surface area is 147 Å². The van der Waals surface area contributed by atoms with Crippen molar-refractivity contribution in [2.45, 2.75) is 20.0 Å². The summed E-state index contributed by atoms with van der Waals surface area (Å²) in [7, 11) is 0. The molecule has 2 aromatic rings. The number of hydrogen-bond acceptors (Lipinski definition) is 3. The van der Waals surface area contributed by atoms with Crippen molar-refractivity contribution in [3.8, 4) is 5.75 Å². The van der Waals surface area contributed by atoms with E-state index >= 15 is 0 Å². The van der Waals surface area contributed by atoms with Crippen LogP contribution in [-0.2, 0) is 4.79 Å². The van der Waals surface area contributed by atoms with E-state index in [1.165, 1.54) is 6.07 Å². The first kappa shape index (κ1) is 17.3. The maximum atomic E-state index is 13.9. The van der Waals surface area contributed by atoms with Gasteiger partial charge >= 0.3 is 0 Å². The zero-order chi connectivity index (χ0) is 17.8. The smallest absolute Gasteiger partial charge is 0.263 e. The normalized spacial score (nSPS) is 15.8. The molecule has 5 heteroatoms. The van der Waals surface area contributed by atoms with Crippen LogP contribution in [0.1, 0.15) is 12.5 Å². The lowest BCUT2D eigenvalue weighted by Crippen LogP contribution is -2.52. The fraction of sp³-hybridized carbons (Fsp3) is 0.350. The third-order valence-corrected chi connectivity index (χ3v) is 4.47. The maximum Gasteiger partial charge on any atom is 0.263 e. The second-order valence-corrected chi connectivity index (χ2v) is 6.34. The summed E-state index contributed by atoms with van der Waals surface area (Å²) in [5.41, 5.74) is 1.74. The fourth-order valence-electron chi connectivity index (χ4n) is 3.00. The monoisotopic (exact) mass is 342 g/mol. The molecule has 1 aliphatic rings. The number of piperazine rings is 1. The van der Waals surface area contributed by atoms with Crippen molar-refractivity contribution >= 4 is 11.6 Å². The van der Waals surface area contributed by atoms with Crippen LogP contribution in [0.5, 0.6) is 5.75 Å². The number of halogens is 1. The number of para-hydroxylation sites is 1. The highest BCUT2D eigenvalue weighted by molar-refractivity contribution is 5.81. The molecular weight excluding hydrogens is 319 g/mol. The lowest BCUT2D eigenvalue weighted by molar-refractivity contribution is -0.138. The van der Waals surface area contributed by atoms with Crippen molar-refractivity contribution in [2.24, 2.45) is 0 Å². The van der Waals surface area contributed by atoms with Crippen LogP contribution < -0.4 is 9.64 Å². The number of benzene rings is 2. The van der Waals surface area contributed by atoms with E-state index in [1.54, 1.807) is 24.0 Å². The first-order valence-electron chi connectivity index (χ1n) is 8.56. The first-order chi connectivity index (χ1) is 12.0. The van der Waals surface area contributed by atoms with E-state index in [-0.39, 0.29) is 11.7 Å². The van der Waals surface area contributed by atoms with Crippen LogP contribution in [-0.4, -0.2) is 43.1 Å². The Hall–Kier alpha value is -2.56. The molecule has 1 atom stereocenters. The van der Waals surface area contributed by atoms with Crippen LogP contribution in [0.2, 0.25) is 0 Å². The van der Waals surface area contributed by atoms with E-state index in [0.29, 0.717) is 37.6 Å². The number of amides is 1. The predicted molar refractivity (Wildman–Crippen MR) is 96.5 cm³/mol. The average Bonchev–Trinajstić information content (AvgIpc) is 2.63. The summed E-state index contributed by atoms with van der Waals surface area (Å²) in [6.45, 7) is 6.14. The van der Waals surface area contributed by atoms with Crippen LogP contribution in [0.15, 0.2) is 48.5 Å². The van der Waals surface area contributed by atoms with E-state index in [2.05, 4.69) is 0 Å². The van der Waals surface area contributed by atoms with E-state index in [4.69, 9.17) is 4.74 Å². The quantitative estimate of drug-likeness (QED) is 0.855. The van der Waals surface area contributed by atoms with Crippen molar-refractivity contribution in [3.05, 3.63) is 59.9 Å². The second-order valence-electron chi connectivity index (χ2n) is 6.34. The van der Waals surface area contributed by atoms with E-state index < -0.39 is 6.10 Å². The third kappa shape index (κ3) is 4.10. The summed E-state index contributed by atoms with van der Waals surface area (Å²) in [5.74, 6) is 0.434. The topological polar surface area (TPSA) is 32.8 Å². The molecule has 0 radical (unpaired) electrons. The SMILES string of the molecule is Cc1ccc(O[C@H](C)C(=O)N2CCN(c3ccccc3F)CC2)cc1. The number of ether oxygens (including phenoxy) is 1. The zero-order valence-electron chi connectivity index (χ0n) is 14.6. The van der Waals surface area contributed by atoms with Crippen molar-refractivity contribution in [3.63, 3.8) is 0 Å². The molecule has 25 heavy (non-hydrogen) atoms. The van der Waals surface area contributed by atoms with Crippen LogP contribution >= 0.6 is 0 Å². The molecule has 3 rings (SSSR count). The molecule has 1 heterocycles. The van der Waals surface area contributed by atoms with Gasteiger partial charge in [-0.1, -0.05) is 29.8 Å². The van der Waals surface area contributed by atoms with Gasteiger partial charge in [0.2, 0.25) is 0 Å². The van der Waals surface area contributed by atoms with Gasteiger partial charge in [-0.2, -0.15) is 0 Å². The molecule has 0 saturated carbocycles. The highest BCUT2D eigenvalue weighted by Crippen LogP contribution is 2.21. The summed E-state index contributed by atoms with van der Waals surface area (Å²) in [4.78, 5) is 16.4. The van der Waals surface area contributed by atoms with Gasteiger partial charge < -0.3 is 14.5 Å². The van der Waals surface area contributed by atoms with Crippen molar-refractivity contribution in [1.82, 2.24) is 4.90 Å². The standard InChI is InChI=1S/C20H23FN2O2/c1-15-7-9-17(10-8-15)25-16(2)20(24)23-13-11-22(12-14-23)19-6-4-3-5-18(19)21/h3-10,16H,11-14H2,1-2H3/t16-/m1/s1. The minimum Gasteiger partial charge on any atom is -0.481 e. The third-order valence-electron chi connectivity index (χ3n) is 4.47. The van der Waals surface area contributed by atoms with Gasteiger partial charge in [0.25, 0.3) is 5.91 Å². The van der Waals surface area contributed by atoms with Gasteiger partial charge in [0.05, 0.1) is 5.69 Å². The average molecular weight is 342 g/mol. The number of hydrogen-bond donors (Lipinski definition) is 0. The van der Waals surface area contributed by atoms with Crippen molar-refractivity contribution < 1.29 is 13.9 Å². The Morgan fingerprint density at radius 2 is 1.68 bits per heavy atom. The van der Waals surface area contributed by atoms with Crippen LogP contribution in [0.4, 0.5) is 10.1 Å². The van der Waals surface area contributed by atoms with Crippen LogP contribution in [0.3, 0.4) is 0 Å². The van der Waals surface area contributed by atoms with E-state index in [9.17, 15) is 9.18 Å². The van der Waals surface area contributed by atoms with Gasteiger partial charge in [-0.3, -0.25) is 4.79 Å². The molecule has 1 aliphatic heterocycles. The summed E-state index contributed by atoms with van der Waals surface area (Å²) in [6, 6.07) is 14.4. The molecule has 1 saturated heterocycles. The van der Waals surface area contributed by atoms with Gasteiger partial charge in [0, 0.05) is 26.2 Å². The number of rotatable bonds is 4. The van der Waals surface area contributed by atoms with Gasteiger partial charge in [-0.15, -0.1) is 0 Å². The van der Waals surface area contributed by atoms with E-state index in [0.717, 1.165) is 5.56 Å². The molecule has 0 N–H and O–H groups in total. The molecule has 1 amide bonds. The minimum atomic E-state index is -0.539. The Balaban J connectivity index is 1.56.